The van der Waals surface area contributed by atoms with Crippen molar-refractivity contribution in [1.82, 2.24) is 0 Å². The minimum Gasteiger partial charge on any atom is -0.462 e. The van der Waals surface area contributed by atoms with Gasteiger partial charge in [0.05, 0.1) is 6.61 Å². The maximum Gasteiger partial charge on any atom is 0.306 e. The predicted octanol–water partition coefficient (Wildman–Crippen LogP) is 20.7. The Bertz CT molecular complexity index is 1500. The Morgan fingerprint density at radius 2 is 0.639 bits per heavy atom. The average molecular weight is 996 g/mol. The van der Waals surface area contributed by atoms with Crippen LogP contribution in [0.3, 0.4) is 0 Å². The van der Waals surface area contributed by atoms with Gasteiger partial charge in [-0.25, -0.2) is 0 Å². The van der Waals surface area contributed by atoms with Crippen LogP contribution in [0.15, 0.2) is 134 Å². The molecule has 1 atom stereocenters. The summed E-state index contributed by atoms with van der Waals surface area (Å²) in [6.07, 6.45) is 87.9. The largest absolute Gasteiger partial charge is 0.462 e. The number of ether oxygens (including phenoxy) is 3. The first kappa shape index (κ1) is 68.0. The summed E-state index contributed by atoms with van der Waals surface area (Å²) in [5, 5.41) is 0. The molecular weight excluding hydrogens is 885 g/mol. The normalized spacial score (nSPS) is 13.2. The van der Waals surface area contributed by atoms with E-state index in [1.165, 1.54) is 116 Å². The van der Waals surface area contributed by atoms with Crippen molar-refractivity contribution in [3.63, 3.8) is 0 Å². The van der Waals surface area contributed by atoms with E-state index in [1.54, 1.807) is 0 Å². The lowest BCUT2D eigenvalue weighted by Crippen LogP contribution is -2.30. The molecular formula is C67H110O5. The average Bonchev–Trinajstić information content (AvgIpc) is 3.38. The number of allylic oxidation sites excluding steroid dienone is 22. The highest BCUT2D eigenvalue weighted by Crippen LogP contribution is 2.15. The Balaban J connectivity index is 4.46. The van der Waals surface area contributed by atoms with Crippen LogP contribution in [0.4, 0.5) is 0 Å². The number of hydrogen-bond donors (Lipinski definition) is 0. The molecule has 0 amide bonds. The van der Waals surface area contributed by atoms with Crippen LogP contribution in [0.1, 0.15) is 252 Å². The van der Waals surface area contributed by atoms with Crippen LogP contribution in [0.25, 0.3) is 0 Å². The van der Waals surface area contributed by atoms with Crippen LogP contribution in [0, 0.1) is 0 Å². The molecule has 5 nitrogen and oxygen atoms in total. The van der Waals surface area contributed by atoms with Gasteiger partial charge in [-0.05, 0) is 96.3 Å². The van der Waals surface area contributed by atoms with Gasteiger partial charge in [0.2, 0.25) is 0 Å². The van der Waals surface area contributed by atoms with E-state index in [2.05, 4.69) is 148 Å². The third kappa shape index (κ3) is 58.6. The molecule has 0 bridgehead atoms. The van der Waals surface area contributed by atoms with Gasteiger partial charge in [0.1, 0.15) is 6.61 Å². The molecule has 0 aliphatic rings. The molecule has 408 valence electrons. The standard InChI is InChI=1S/C67H110O5/c1-4-7-10-13-16-19-22-25-28-31-33-35-38-41-44-47-50-53-56-59-62-70-63-65(72-67(69)61-58-55-52-49-46-43-40-36-30-27-24-21-18-15-12-9-6-3)64-71-66(68)60-57-54-51-48-45-42-39-37-34-32-29-26-23-20-17-14-11-8-5-2/h8-9,11-12,17-18,20-21,26-27,29-30,34,37,40,42-43,45,49,51-52,54,65H,4-7,10,13-16,19,22-25,28,31-33,35-36,38-39,41,44,46-48,50,53,55-64H2,1-3H3/b11-8-,12-9-,20-17-,21-18-,29-26-,30-27-,37-34-,43-40-,45-42-,52-49-,54-51-. The van der Waals surface area contributed by atoms with E-state index in [0.717, 1.165) is 89.9 Å². The number of unbranched alkanes of at least 4 members (excludes halogenated alkanes) is 20. The van der Waals surface area contributed by atoms with E-state index in [1.807, 2.05) is 6.08 Å². The van der Waals surface area contributed by atoms with E-state index < -0.39 is 6.10 Å². The Kier molecular flexibility index (Phi) is 58.0. The number of rotatable bonds is 53. The highest BCUT2D eigenvalue weighted by atomic mass is 16.6. The smallest absolute Gasteiger partial charge is 0.306 e. The summed E-state index contributed by atoms with van der Waals surface area (Å²) in [4.78, 5) is 25.5. The number of carbonyl (C=O) groups is 2. The Labute approximate surface area is 445 Å². The van der Waals surface area contributed by atoms with E-state index in [0.29, 0.717) is 25.9 Å². The molecule has 0 saturated heterocycles. The van der Waals surface area contributed by atoms with Gasteiger partial charge < -0.3 is 14.2 Å². The fraction of sp³-hybridized carbons (Fsp3) is 0.642. The molecule has 0 aromatic rings. The van der Waals surface area contributed by atoms with Crippen LogP contribution < -0.4 is 0 Å². The SMILES string of the molecule is CC/C=C\C/C=C\C/C=C\C/C=C\C/C=C\C/C=C\CCC(=O)OCC(COCCCCCCCCCCCCCCCCCCCCCC)OC(=O)CCC/C=C\C/C=C\C/C=C\C/C=C\C/C=C\CC. The van der Waals surface area contributed by atoms with Gasteiger partial charge in [-0.2, -0.15) is 0 Å². The molecule has 1 unspecified atom stereocenters. The molecule has 0 saturated carbocycles. The molecule has 0 aliphatic heterocycles. The molecule has 0 aliphatic carbocycles. The minimum absolute atomic E-state index is 0.0162. The van der Waals surface area contributed by atoms with Gasteiger partial charge in [0.25, 0.3) is 0 Å². The van der Waals surface area contributed by atoms with Crippen LogP contribution in [0.5, 0.6) is 0 Å². The van der Waals surface area contributed by atoms with Crippen LogP contribution in [-0.2, 0) is 23.8 Å². The summed E-state index contributed by atoms with van der Waals surface area (Å²) >= 11 is 0. The second kappa shape index (κ2) is 61.3. The zero-order valence-corrected chi connectivity index (χ0v) is 46.9. The maximum atomic E-state index is 12.9. The lowest BCUT2D eigenvalue weighted by molar-refractivity contribution is -0.162. The van der Waals surface area contributed by atoms with Crippen LogP contribution >= 0.6 is 0 Å². The zero-order chi connectivity index (χ0) is 52.0. The summed E-state index contributed by atoms with van der Waals surface area (Å²) in [5.41, 5.74) is 0. The van der Waals surface area contributed by atoms with Crippen molar-refractivity contribution in [1.29, 1.82) is 0 Å². The second-order valence-electron chi connectivity index (χ2n) is 19.1. The lowest BCUT2D eigenvalue weighted by Gasteiger charge is -2.18. The molecule has 0 spiro atoms. The Hall–Kier alpha value is -3.96. The topological polar surface area (TPSA) is 61.8 Å². The highest BCUT2D eigenvalue weighted by molar-refractivity contribution is 5.70. The lowest BCUT2D eigenvalue weighted by atomic mass is 10.0. The third-order valence-corrected chi connectivity index (χ3v) is 12.2. The van der Waals surface area contributed by atoms with Crippen LogP contribution in [0.2, 0.25) is 0 Å². The number of carbonyl (C=O) groups excluding carboxylic acids is 2. The Morgan fingerprint density at radius 3 is 1.00 bits per heavy atom. The molecule has 0 heterocycles. The van der Waals surface area contributed by atoms with Crippen molar-refractivity contribution in [3.8, 4) is 0 Å². The quantitative estimate of drug-likeness (QED) is 0.0345. The van der Waals surface area contributed by atoms with Gasteiger partial charge in [-0.15, -0.1) is 0 Å². The fourth-order valence-corrected chi connectivity index (χ4v) is 7.87. The Morgan fingerprint density at radius 1 is 0.319 bits per heavy atom. The van der Waals surface area contributed by atoms with Gasteiger partial charge in [-0.3, -0.25) is 9.59 Å². The monoisotopic (exact) mass is 995 g/mol. The van der Waals surface area contributed by atoms with E-state index in [4.69, 9.17) is 14.2 Å². The summed E-state index contributed by atoms with van der Waals surface area (Å²) in [5.74, 6) is -0.563. The highest BCUT2D eigenvalue weighted by Gasteiger charge is 2.17. The molecule has 0 radical (unpaired) electrons. The molecule has 0 rings (SSSR count). The zero-order valence-electron chi connectivity index (χ0n) is 46.9. The fourth-order valence-electron chi connectivity index (χ4n) is 7.87. The summed E-state index contributed by atoms with van der Waals surface area (Å²) < 4.78 is 17.4. The number of esters is 2. The van der Waals surface area contributed by atoms with E-state index in [9.17, 15) is 9.59 Å². The minimum atomic E-state index is -0.605. The predicted molar refractivity (Wildman–Crippen MR) is 315 cm³/mol. The molecule has 5 heteroatoms. The van der Waals surface area contributed by atoms with Crippen LogP contribution in [-0.4, -0.2) is 37.9 Å². The molecule has 0 fully saturated rings. The summed E-state index contributed by atoms with van der Waals surface area (Å²) in [6.45, 7) is 7.47. The van der Waals surface area contributed by atoms with E-state index in [-0.39, 0.29) is 31.6 Å². The van der Waals surface area contributed by atoms with Gasteiger partial charge >= 0.3 is 11.9 Å². The van der Waals surface area contributed by atoms with Crippen molar-refractivity contribution in [3.05, 3.63) is 134 Å². The van der Waals surface area contributed by atoms with Crippen molar-refractivity contribution in [2.24, 2.45) is 0 Å². The maximum absolute atomic E-state index is 12.9. The third-order valence-electron chi connectivity index (χ3n) is 12.2. The molecule has 72 heavy (non-hydrogen) atoms. The summed E-state index contributed by atoms with van der Waals surface area (Å²) in [6, 6.07) is 0. The van der Waals surface area contributed by atoms with Crippen molar-refractivity contribution in [2.75, 3.05) is 19.8 Å². The van der Waals surface area contributed by atoms with Gasteiger partial charge in [0, 0.05) is 19.4 Å². The number of hydrogen-bond acceptors (Lipinski definition) is 5. The molecule has 0 aromatic heterocycles. The van der Waals surface area contributed by atoms with E-state index >= 15 is 0 Å². The second-order valence-corrected chi connectivity index (χ2v) is 19.1. The first-order valence-corrected chi connectivity index (χ1v) is 29.7. The molecule has 0 N–H and O–H groups in total. The van der Waals surface area contributed by atoms with Gasteiger partial charge in [0.15, 0.2) is 6.10 Å². The van der Waals surface area contributed by atoms with Crippen molar-refractivity contribution >= 4 is 11.9 Å². The first-order chi connectivity index (χ1) is 35.6. The summed E-state index contributed by atoms with van der Waals surface area (Å²) in [7, 11) is 0. The van der Waals surface area contributed by atoms with Crippen molar-refractivity contribution < 1.29 is 23.8 Å². The van der Waals surface area contributed by atoms with Gasteiger partial charge in [-0.1, -0.05) is 276 Å². The van der Waals surface area contributed by atoms with Crippen molar-refractivity contribution in [2.45, 2.75) is 258 Å². The molecule has 0 aromatic carbocycles. The first-order valence-electron chi connectivity index (χ1n) is 29.7.